The summed E-state index contributed by atoms with van der Waals surface area (Å²) in [5, 5.41) is 20.8. The number of nitrogens with one attached hydrogen (secondary N) is 3. The molecule has 1 aliphatic rings. The van der Waals surface area contributed by atoms with Gasteiger partial charge >= 0.3 is 0 Å². The van der Waals surface area contributed by atoms with Crippen LogP contribution in [0.25, 0.3) is 22.3 Å². The number of carbonyl (C=O) groups excluding carboxylic acids is 1. The lowest BCUT2D eigenvalue weighted by atomic mass is 10.0. The predicted molar refractivity (Wildman–Crippen MR) is 137 cm³/mol. The third-order valence-corrected chi connectivity index (χ3v) is 6.47. The Morgan fingerprint density at radius 2 is 2.06 bits per heavy atom. The van der Waals surface area contributed by atoms with Crippen molar-refractivity contribution in [2.75, 3.05) is 5.32 Å². The van der Waals surface area contributed by atoms with Gasteiger partial charge in [-0.2, -0.15) is 5.10 Å². The number of anilines is 1. The zero-order valence-corrected chi connectivity index (χ0v) is 20.7. The molecule has 5 rings (SSSR count). The Bertz CT molecular complexity index is 1540. The smallest absolute Gasteiger partial charge is 0.253 e. The minimum absolute atomic E-state index is 0.0438. The molecule has 4 aromatic rings. The first kappa shape index (κ1) is 23.7. The van der Waals surface area contributed by atoms with Crippen LogP contribution in [0.5, 0.6) is 0 Å². The van der Waals surface area contributed by atoms with Crippen molar-refractivity contribution >= 4 is 22.8 Å². The van der Waals surface area contributed by atoms with Crippen LogP contribution in [0.15, 0.2) is 35.4 Å². The largest absolute Gasteiger partial charge is 0.374 e. The Labute approximate surface area is 207 Å². The number of aryl methyl sites for hydroxylation is 3. The Balaban J connectivity index is 1.55. The van der Waals surface area contributed by atoms with Crippen LogP contribution in [0.4, 0.5) is 5.82 Å². The number of amides is 1. The molecule has 0 aromatic carbocycles. The maximum Gasteiger partial charge on any atom is 0.253 e. The fraction of sp³-hybridized carbons (Fsp3) is 0.346. The van der Waals surface area contributed by atoms with E-state index in [0.717, 1.165) is 22.4 Å². The Morgan fingerprint density at radius 1 is 1.25 bits per heavy atom. The molecule has 1 amide bonds. The van der Waals surface area contributed by atoms with E-state index in [1.54, 1.807) is 23.1 Å². The second-order valence-electron chi connectivity index (χ2n) is 9.53. The third-order valence-electron chi connectivity index (χ3n) is 6.47. The zero-order valence-electron chi connectivity index (χ0n) is 20.7. The molecule has 4 N–H and O–H groups in total. The molecule has 0 saturated carbocycles. The molecule has 0 spiro atoms. The number of pyridine rings is 3. The second-order valence-corrected chi connectivity index (χ2v) is 9.53. The lowest BCUT2D eigenvalue weighted by Crippen LogP contribution is -2.28. The SMILES string of the molecule is Cc1cc(C)c(CNC(=O)c2cc(-c3cnc4c(c3)CCC(O)N4)nc3c2cnn3C(C)C)c(=O)[nH]1. The number of hydrogen-bond acceptors (Lipinski definition) is 7. The van der Waals surface area contributed by atoms with Gasteiger partial charge in [-0.1, -0.05) is 0 Å². The van der Waals surface area contributed by atoms with E-state index in [1.165, 1.54) is 0 Å². The minimum atomic E-state index is -0.606. The van der Waals surface area contributed by atoms with Gasteiger partial charge in [0.05, 0.1) is 22.8 Å². The second kappa shape index (κ2) is 9.19. The first-order valence-electron chi connectivity index (χ1n) is 12.0. The molecule has 0 fully saturated rings. The molecule has 0 bridgehead atoms. The van der Waals surface area contributed by atoms with E-state index in [0.29, 0.717) is 46.5 Å². The molecular formula is C26H29N7O3. The van der Waals surface area contributed by atoms with Crippen molar-refractivity contribution in [3.05, 3.63) is 68.9 Å². The maximum atomic E-state index is 13.4. The van der Waals surface area contributed by atoms with E-state index in [1.807, 2.05) is 39.8 Å². The molecule has 0 radical (unpaired) electrons. The van der Waals surface area contributed by atoms with E-state index in [4.69, 9.17) is 4.98 Å². The Hall–Kier alpha value is -4.05. The number of aliphatic hydroxyl groups is 1. The van der Waals surface area contributed by atoms with Crippen LogP contribution in [-0.2, 0) is 13.0 Å². The number of fused-ring (bicyclic) bond motifs is 2. The van der Waals surface area contributed by atoms with Crippen LogP contribution in [0.1, 0.15) is 59.1 Å². The Kier molecular flexibility index (Phi) is 6.05. The quantitative estimate of drug-likeness (QED) is 0.339. The van der Waals surface area contributed by atoms with Gasteiger partial charge in [0.1, 0.15) is 12.0 Å². The summed E-state index contributed by atoms with van der Waals surface area (Å²) in [6, 6.07) is 5.66. The van der Waals surface area contributed by atoms with Crippen molar-refractivity contribution < 1.29 is 9.90 Å². The van der Waals surface area contributed by atoms with Crippen LogP contribution in [0, 0.1) is 13.8 Å². The number of aliphatic hydroxyl groups excluding tert-OH is 1. The third kappa shape index (κ3) is 4.35. The lowest BCUT2D eigenvalue weighted by Gasteiger charge is -2.22. The van der Waals surface area contributed by atoms with Crippen molar-refractivity contribution in [3.63, 3.8) is 0 Å². The number of carbonyl (C=O) groups is 1. The van der Waals surface area contributed by atoms with Gasteiger partial charge in [-0.3, -0.25) is 9.59 Å². The first-order valence-corrected chi connectivity index (χ1v) is 12.0. The van der Waals surface area contributed by atoms with E-state index < -0.39 is 6.23 Å². The fourth-order valence-electron chi connectivity index (χ4n) is 4.59. The van der Waals surface area contributed by atoms with Crippen LogP contribution < -0.4 is 16.2 Å². The minimum Gasteiger partial charge on any atom is -0.374 e. The summed E-state index contributed by atoms with van der Waals surface area (Å²) in [4.78, 5) is 37.9. The van der Waals surface area contributed by atoms with E-state index in [9.17, 15) is 14.7 Å². The summed E-state index contributed by atoms with van der Waals surface area (Å²) in [6.07, 6.45) is 4.02. The summed E-state index contributed by atoms with van der Waals surface area (Å²) in [6.45, 7) is 7.79. The number of aromatic amines is 1. The summed E-state index contributed by atoms with van der Waals surface area (Å²) in [7, 11) is 0. The standard InChI is InChI=1S/C26H29N7O3/c1-13(2)33-24-20(12-29-33)18(25(35)28-11-19-14(3)7-15(4)30-26(19)36)9-21(31-24)17-8-16-5-6-22(34)32-23(16)27-10-17/h7-10,12-13,22,34H,5-6,11H2,1-4H3,(H,27,32)(H,28,35)(H,30,36). The van der Waals surface area contributed by atoms with Crippen molar-refractivity contribution in [1.29, 1.82) is 0 Å². The number of nitrogens with zero attached hydrogens (tertiary/aromatic N) is 4. The molecule has 4 aromatic heterocycles. The highest BCUT2D eigenvalue weighted by molar-refractivity contribution is 6.06. The molecule has 36 heavy (non-hydrogen) atoms. The van der Waals surface area contributed by atoms with E-state index in [-0.39, 0.29) is 24.1 Å². The van der Waals surface area contributed by atoms with Crippen LogP contribution in [-0.4, -0.2) is 42.0 Å². The number of rotatable bonds is 5. The molecule has 5 heterocycles. The fourth-order valence-corrected chi connectivity index (χ4v) is 4.59. The molecule has 0 saturated heterocycles. The molecule has 186 valence electrons. The van der Waals surface area contributed by atoms with Crippen molar-refractivity contribution in [3.8, 4) is 11.3 Å². The molecule has 0 aliphatic carbocycles. The number of H-pyrrole nitrogens is 1. The van der Waals surface area contributed by atoms with E-state index >= 15 is 0 Å². The maximum absolute atomic E-state index is 13.4. The van der Waals surface area contributed by atoms with Gasteiger partial charge in [-0.25, -0.2) is 14.6 Å². The van der Waals surface area contributed by atoms with Crippen molar-refractivity contribution in [1.82, 2.24) is 30.0 Å². The van der Waals surface area contributed by atoms with E-state index in [2.05, 4.69) is 25.7 Å². The summed E-state index contributed by atoms with van der Waals surface area (Å²) in [5.74, 6) is 0.337. The average Bonchev–Trinajstić information content (AvgIpc) is 3.26. The molecule has 1 aliphatic heterocycles. The lowest BCUT2D eigenvalue weighted by molar-refractivity contribution is 0.0952. The molecule has 1 unspecified atom stereocenters. The van der Waals surface area contributed by atoms with Crippen LogP contribution in [0.3, 0.4) is 0 Å². The zero-order chi connectivity index (χ0) is 25.6. The number of hydrogen-bond donors (Lipinski definition) is 4. The van der Waals surface area contributed by atoms with Gasteiger partial charge in [0.25, 0.3) is 11.5 Å². The molecule has 10 nitrogen and oxygen atoms in total. The van der Waals surface area contributed by atoms with Crippen molar-refractivity contribution in [2.45, 2.75) is 59.4 Å². The monoisotopic (exact) mass is 487 g/mol. The van der Waals surface area contributed by atoms with Gasteiger partial charge < -0.3 is 20.7 Å². The normalized spacial score (nSPS) is 15.1. The highest BCUT2D eigenvalue weighted by atomic mass is 16.3. The van der Waals surface area contributed by atoms with Gasteiger partial charge in [0.15, 0.2) is 5.65 Å². The highest BCUT2D eigenvalue weighted by Crippen LogP contribution is 2.30. The molecule has 10 heteroatoms. The number of aromatic nitrogens is 5. The van der Waals surface area contributed by atoms with Gasteiger partial charge in [-0.15, -0.1) is 0 Å². The van der Waals surface area contributed by atoms with Crippen LogP contribution in [0.2, 0.25) is 0 Å². The molecular weight excluding hydrogens is 458 g/mol. The van der Waals surface area contributed by atoms with Gasteiger partial charge in [0.2, 0.25) is 0 Å². The van der Waals surface area contributed by atoms with Gasteiger partial charge in [0, 0.05) is 35.6 Å². The average molecular weight is 488 g/mol. The topological polar surface area (TPSA) is 138 Å². The van der Waals surface area contributed by atoms with Gasteiger partial charge in [-0.05, 0) is 69.9 Å². The predicted octanol–water partition coefficient (Wildman–Crippen LogP) is 2.99. The summed E-state index contributed by atoms with van der Waals surface area (Å²) in [5.41, 5.74) is 5.28. The molecule has 1 atom stereocenters. The van der Waals surface area contributed by atoms with Crippen molar-refractivity contribution in [2.24, 2.45) is 0 Å². The Morgan fingerprint density at radius 3 is 2.81 bits per heavy atom. The summed E-state index contributed by atoms with van der Waals surface area (Å²) >= 11 is 0. The van der Waals surface area contributed by atoms with Crippen LogP contribution >= 0.6 is 0 Å². The highest BCUT2D eigenvalue weighted by Gasteiger charge is 2.21. The summed E-state index contributed by atoms with van der Waals surface area (Å²) < 4.78 is 1.79. The first-order chi connectivity index (χ1) is 17.2.